The number of anilines is 1. The highest BCUT2D eigenvalue weighted by atomic mass is 16.5. The number of hydrogen-bond donors (Lipinski definition) is 0. The van der Waals surface area contributed by atoms with Crippen molar-refractivity contribution in [3.8, 4) is 11.5 Å². The lowest BCUT2D eigenvalue weighted by molar-refractivity contribution is 0.249. The summed E-state index contributed by atoms with van der Waals surface area (Å²) in [5, 5.41) is 0. The van der Waals surface area contributed by atoms with Gasteiger partial charge >= 0.3 is 0 Å². The van der Waals surface area contributed by atoms with E-state index in [0.717, 1.165) is 30.6 Å². The fourth-order valence-electron chi connectivity index (χ4n) is 5.35. The van der Waals surface area contributed by atoms with Gasteiger partial charge in [-0.15, -0.1) is 0 Å². The molecule has 2 aromatic carbocycles. The van der Waals surface area contributed by atoms with Crippen LogP contribution >= 0.6 is 0 Å². The Morgan fingerprint density at radius 1 is 1.07 bits per heavy atom. The van der Waals surface area contributed by atoms with Crippen LogP contribution < -0.4 is 14.4 Å². The average Bonchev–Trinajstić information content (AvgIpc) is 2.78. The first-order valence-corrected chi connectivity index (χ1v) is 11.9. The molecule has 0 aromatic heterocycles. The zero-order valence-corrected chi connectivity index (χ0v) is 19.0. The molecular weight excluding hydrogens is 370 g/mol. The summed E-state index contributed by atoms with van der Waals surface area (Å²) in [4.78, 5) is 2.39. The van der Waals surface area contributed by atoms with Gasteiger partial charge in [0.25, 0.3) is 0 Å². The van der Waals surface area contributed by atoms with Gasteiger partial charge in [-0.05, 0) is 60.3 Å². The van der Waals surface area contributed by atoms with E-state index in [9.17, 15) is 0 Å². The van der Waals surface area contributed by atoms with E-state index >= 15 is 0 Å². The smallest absolute Gasteiger partial charge is 0.184 e. The number of hydrogen-bond acceptors (Lipinski definition) is 3. The minimum Gasteiger partial charge on any atom is -0.486 e. The van der Waals surface area contributed by atoms with Crippen molar-refractivity contribution < 1.29 is 9.47 Å². The Balaban J connectivity index is 0.000000687. The van der Waals surface area contributed by atoms with Crippen LogP contribution in [0.5, 0.6) is 11.5 Å². The summed E-state index contributed by atoms with van der Waals surface area (Å²) in [7, 11) is 2.20. The number of likely N-dealkylation sites (N-methyl/N-ethyl adjacent to an activating group) is 1. The second-order valence-corrected chi connectivity index (χ2v) is 9.06. The van der Waals surface area contributed by atoms with Crippen molar-refractivity contribution in [1.82, 2.24) is 0 Å². The number of benzene rings is 2. The van der Waals surface area contributed by atoms with E-state index < -0.39 is 0 Å². The van der Waals surface area contributed by atoms with E-state index in [0.29, 0.717) is 12.5 Å². The Bertz CT molecular complexity index is 833. The van der Waals surface area contributed by atoms with Crippen LogP contribution in [0.2, 0.25) is 0 Å². The lowest BCUT2D eigenvalue weighted by Crippen LogP contribution is -2.33. The first-order chi connectivity index (χ1) is 14.7. The summed E-state index contributed by atoms with van der Waals surface area (Å²) in [6, 6.07) is 12.8. The zero-order valence-electron chi connectivity index (χ0n) is 19.0. The molecule has 1 heterocycles. The zero-order chi connectivity index (χ0) is 20.9. The highest BCUT2D eigenvalue weighted by molar-refractivity contribution is 5.73. The van der Waals surface area contributed by atoms with E-state index in [-0.39, 0.29) is 0 Å². The van der Waals surface area contributed by atoms with Crippen LogP contribution in [0, 0.1) is 5.92 Å². The fourth-order valence-corrected chi connectivity index (χ4v) is 5.35. The first kappa shape index (κ1) is 21.1. The van der Waals surface area contributed by atoms with Gasteiger partial charge in [0.2, 0.25) is 0 Å². The highest BCUT2D eigenvalue weighted by Crippen LogP contribution is 2.53. The van der Waals surface area contributed by atoms with Crippen molar-refractivity contribution >= 4 is 5.69 Å². The molecule has 2 atom stereocenters. The summed E-state index contributed by atoms with van der Waals surface area (Å²) in [5.41, 5.74) is 5.57. The maximum absolute atomic E-state index is 6.33. The molecule has 0 N–H and O–H groups in total. The lowest BCUT2D eigenvalue weighted by atomic mass is 9.67. The van der Waals surface area contributed by atoms with Crippen LogP contribution in [-0.2, 0) is 13.0 Å². The second kappa shape index (κ2) is 9.76. The molecule has 2 aliphatic carbocycles. The molecule has 3 aliphatic rings. The largest absolute Gasteiger partial charge is 0.486 e. The average molecular weight is 408 g/mol. The molecular formula is C27H37NO2. The molecule has 2 unspecified atom stereocenters. The Hall–Kier alpha value is -2.16. The van der Waals surface area contributed by atoms with Crippen LogP contribution in [0.15, 0.2) is 36.4 Å². The van der Waals surface area contributed by atoms with Gasteiger partial charge in [0.15, 0.2) is 11.5 Å². The Labute approximate surface area is 182 Å². The predicted molar refractivity (Wildman–Crippen MR) is 125 cm³/mol. The molecule has 2 aromatic rings. The molecule has 30 heavy (non-hydrogen) atoms. The van der Waals surface area contributed by atoms with Crippen LogP contribution in [0.3, 0.4) is 0 Å². The molecule has 1 saturated carbocycles. The monoisotopic (exact) mass is 407 g/mol. The molecule has 0 saturated heterocycles. The predicted octanol–water partition coefficient (Wildman–Crippen LogP) is 6.73. The van der Waals surface area contributed by atoms with Crippen molar-refractivity contribution in [3.63, 3.8) is 0 Å². The third kappa shape index (κ3) is 4.31. The Morgan fingerprint density at radius 2 is 1.83 bits per heavy atom. The van der Waals surface area contributed by atoms with Crippen LogP contribution in [0.25, 0.3) is 0 Å². The van der Waals surface area contributed by atoms with Gasteiger partial charge in [-0.3, -0.25) is 0 Å². The highest BCUT2D eigenvalue weighted by Gasteiger charge is 2.36. The van der Waals surface area contributed by atoms with Crippen molar-refractivity contribution in [1.29, 1.82) is 0 Å². The standard InChI is InChI=1S/C24H29NO2.C3H8/c1-25-13-14-26-24-22(27-16-17-7-3-2-4-8-17)15-21-19-10-6-5-9-18(19)11-12-20(21)23(24)25;1-3-2/h2-4,7-8,15,18-19H,5-6,9-14,16H2,1H3;3H2,1-2H3. The second-order valence-electron chi connectivity index (χ2n) is 9.06. The van der Waals surface area contributed by atoms with E-state index in [4.69, 9.17) is 9.47 Å². The van der Waals surface area contributed by atoms with E-state index in [1.807, 2.05) is 6.07 Å². The summed E-state index contributed by atoms with van der Waals surface area (Å²) in [5.74, 6) is 3.47. The summed E-state index contributed by atoms with van der Waals surface area (Å²) in [6.45, 7) is 6.53. The van der Waals surface area contributed by atoms with E-state index in [2.05, 4.69) is 56.1 Å². The van der Waals surface area contributed by atoms with Crippen molar-refractivity contribution in [3.05, 3.63) is 53.1 Å². The third-order valence-corrected chi connectivity index (χ3v) is 6.73. The molecule has 3 heteroatoms. The molecule has 5 rings (SSSR count). The number of ether oxygens (including phenoxy) is 2. The number of nitrogens with zero attached hydrogens (tertiary/aromatic N) is 1. The van der Waals surface area contributed by atoms with Gasteiger partial charge in [-0.25, -0.2) is 0 Å². The van der Waals surface area contributed by atoms with Gasteiger partial charge in [-0.2, -0.15) is 0 Å². The third-order valence-electron chi connectivity index (χ3n) is 6.73. The molecule has 162 valence electrons. The molecule has 1 fully saturated rings. The van der Waals surface area contributed by atoms with Crippen LogP contribution in [0.1, 0.15) is 75.0 Å². The van der Waals surface area contributed by atoms with Crippen molar-refractivity contribution in [2.45, 2.75) is 71.3 Å². The van der Waals surface area contributed by atoms with E-state index in [1.54, 1.807) is 5.56 Å². The normalized spacial score (nSPS) is 21.9. The maximum Gasteiger partial charge on any atom is 0.184 e. The topological polar surface area (TPSA) is 21.7 Å². The number of rotatable bonds is 3. The quantitative estimate of drug-likeness (QED) is 0.563. The summed E-state index contributed by atoms with van der Waals surface area (Å²) >= 11 is 0. The van der Waals surface area contributed by atoms with Gasteiger partial charge in [0.1, 0.15) is 13.2 Å². The minimum absolute atomic E-state index is 0.591. The summed E-state index contributed by atoms with van der Waals surface area (Å²) in [6.07, 6.45) is 9.27. The van der Waals surface area contributed by atoms with Gasteiger partial charge in [-0.1, -0.05) is 63.4 Å². The molecule has 0 spiro atoms. The van der Waals surface area contributed by atoms with Crippen LogP contribution in [-0.4, -0.2) is 20.2 Å². The molecule has 0 radical (unpaired) electrons. The van der Waals surface area contributed by atoms with Gasteiger partial charge in [0, 0.05) is 7.05 Å². The first-order valence-electron chi connectivity index (χ1n) is 11.9. The Kier molecular flexibility index (Phi) is 6.86. The van der Waals surface area contributed by atoms with E-state index in [1.165, 1.54) is 61.8 Å². The SMILES string of the molecule is CCC.CN1CCOc2c(OCc3ccccc3)cc3c(c21)CCC1CCCCC31. The lowest BCUT2D eigenvalue weighted by Gasteiger charge is -2.41. The van der Waals surface area contributed by atoms with Gasteiger partial charge in [0.05, 0.1) is 12.2 Å². The van der Waals surface area contributed by atoms with Crippen LogP contribution in [0.4, 0.5) is 5.69 Å². The molecule has 0 amide bonds. The molecule has 0 bridgehead atoms. The van der Waals surface area contributed by atoms with Crippen molar-refractivity contribution in [2.75, 3.05) is 25.1 Å². The molecule has 3 nitrogen and oxygen atoms in total. The van der Waals surface area contributed by atoms with Crippen molar-refractivity contribution in [2.24, 2.45) is 5.92 Å². The molecule has 1 aliphatic heterocycles. The fraction of sp³-hybridized carbons (Fsp3) is 0.556. The summed E-state index contributed by atoms with van der Waals surface area (Å²) < 4.78 is 12.5. The minimum atomic E-state index is 0.591. The van der Waals surface area contributed by atoms with Gasteiger partial charge < -0.3 is 14.4 Å². The Morgan fingerprint density at radius 3 is 2.63 bits per heavy atom. The number of fused-ring (bicyclic) bond motifs is 5. The maximum atomic E-state index is 6.33.